The zero-order valence-corrected chi connectivity index (χ0v) is 10.2. The Kier molecular flexibility index (Phi) is 2.91. The molecule has 3 unspecified atom stereocenters. The van der Waals surface area contributed by atoms with E-state index in [-0.39, 0.29) is 11.9 Å². The number of nitrogens with two attached hydrogens (primary N) is 2. The molecule has 7 nitrogen and oxygen atoms in total. The van der Waals surface area contributed by atoms with Crippen LogP contribution in [0.2, 0.25) is 0 Å². The largest absolute Gasteiger partial charge is 0.368 e. The molecule has 0 amide bonds. The summed E-state index contributed by atoms with van der Waals surface area (Å²) < 4.78 is 5.83. The first-order valence-electron chi connectivity index (χ1n) is 6.33. The smallest absolute Gasteiger partial charge is 0.231 e. The van der Waals surface area contributed by atoms with E-state index in [1.165, 1.54) is 25.7 Å². The molecule has 2 aliphatic rings. The van der Waals surface area contributed by atoms with Crippen molar-refractivity contribution >= 4 is 17.8 Å². The molecule has 0 aromatic carbocycles. The molecule has 0 saturated heterocycles. The lowest BCUT2D eigenvalue weighted by molar-refractivity contribution is 0.0273. The Morgan fingerprint density at radius 1 is 1.11 bits per heavy atom. The first-order chi connectivity index (χ1) is 8.70. The van der Waals surface area contributed by atoms with Crippen LogP contribution in [0.4, 0.5) is 17.8 Å². The van der Waals surface area contributed by atoms with Crippen molar-refractivity contribution in [2.45, 2.75) is 31.8 Å². The van der Waals surface area contributed by atoms with Crippen LogP contribution in [0, 0.1) is 11.8 Å². The van der Waals surface area contributed by atoms with Gasteiger partial charge in [-0.15, -0.1) is 0 Å². The standard InChI is InChI=1S/C11H18N6O/c12-9-15-10(13)17-11(16-9)14-5-18-8-4-6-1-2-7(8)3-6/h6-8H,1-5H2,(H5,12,13,14,15,16,17). The summed E-state index contributed by atoms with van der Waals surface area (Å²) in [6.45, 7) is 0.386. The van der Waals surface area contributed by atoms with Gasteiger partial charge in [-0.1, -0.05) is 0 Å². The second-order valence-electron chi connectivity index (χ2n) is 5.08. The molecule has 0 aliphatic heterocycles. The minimum Gasteiger partial charge on any atom is -0.368 e. The molecule has 2 aliphatic carbocycles. The van der Waals surface area contributed by atoms with Gasteiger partial charge in [0.25, 0.3) is 0 Å². The Bertz CT molecular complexity index is 419. The predicted octanol–water partition coefficient (Wildman–Crippen LogP) is 0.611. The summed E-state index contributed by atoms with van der Waals surface area (Å²) in [4.78, 5) is 11.6. The minimum absolute atomic E-state index is 0.116. The Labute approximate surface area is 105 Å². The average molecular weight is 250 g/mol. The zero-order chi connectivity index (χ0) is 12.5. The summed E-state index contributed by atoms with van der Waals surface area (Å²) in [5.74, 6) is 2.21. The molecule has 3 atom stereocenters. The van der Waals surface area contributed by atoms with Crippen molar-refractivity contribution in [2.24, 2.45) is 11.8 Å². The average Bonchev–Trinajstić information content (AvgIpc) is 2.89. The van der Waals surface area contributed by atoms with Crippen LogP contribution in [0.25, 0.3) is 0 Å². The molecule has 5 N–H and O–H groups in total. The number of fused-ring (bicyclic) bond motifs is 2. The van der Waals surface area contributed by atoms with Gasteiger partial charge in [0, 0.05) is 0 Å². The molecule has 1 heterocycles. The number of aromatic nitrogens is 3. The fourth-order valence-corrected chi connectivity index (χ4v) is 3.09. The van der Waals surface area contributed by atoms with Crippen LogP contribution < -0.4 is 16.8 Å². The number of rotatable bonds is 4. The molecule has 0 spiro atoms. The lowest BCUT2D eigenvalue weighted by atomic mass is 9.98. The van der Waals surface area contributed by atoms with E-state index in [2.05, 4.69) is 20.3 Å². The van der Waals surface area contributed by atoms with Gasteiger partial charge in [-0.25, -0.2) is 0 Å². The third-order valence-corrected chi connectivity index (χ3v) is 3.87. The summed E-state index contributed by atoms with van der Waals surface area (Å²) in [5, 5.41) is 2.97. The molecule has 2 fully saturated rings. The van der Waals surface area contributed by atoms with E-state index >= 15 is 0 Å². The van der Waals surface area contributed by atoms with Crippen LogP contribution in [-0.4, -0.2) is 27.8 Å². The van der Waals surface area contributed by atoms with Gasteiger partial charge in [0.2, 0.25) is 17.8 Å². The molecule has 18 heavy (non-hydrogen) atoms. The highest BCUT2D eigenvalue weighted by atomic mass is 16.5. The summed E-state index contributed by atoms with van der Waals surface area (Å²) in [7, 11) is 0. The molecule has 2 bridgehead atoms. The summed E-state index contributed by atoms with van der Waals surface area (Å²) in [6, 6.07) is 0. The lowest BCUT2D eigenvalue weighted by Gasteiger charge is -2.22. The molecule has 1 aromatic rings. The van der Waals surface area contributed by atoms with Crippen LogP contribution >= 0.6 is 0 Å². The van der Waals surface area contributed by atoms with Crippen LogP contribution in [0.1, 0.15) is 25.7 Å². The number of nitrogen functional groups attached to an aromatic ring is 2. The zero-order valence-electron chi connectivity index (χ0n) is 10.2. The van der Waals surface area contributed by atoms with E-state index in [0.29, 0.717) is 18.8 Å². The van der Waals surface area contributed by atoms with Crippen LogP contribution in [-0.2, 0) is 4.74 Å². The van der Waals surface area contributed by atoms with Gasteiger partial charge in [-0.05, 0) is 37.5 Å². The maximum Gasteiger partial charge on any atom is 0.231 e. The predicted molar refractivity (Wildman–Crippen MR) is 67.5 cm³/mol. The number of nitrogens with one attached hydrogen (secondary N) is 1. The fraction of sp³-hybridized carbons (Fsp3) is 0.727. The second-order valence-corrected chi connectivity index (χ2v) is 5.08. The molecule has 2 saturated carbocycles. The SMILES string of the molecule is Nc1nc(N)nc(NCOC2CC3CCC2C3)n1. The van der Waals surface area contributed by atoms with E-state index < -0.39 is 0 Å². The maximum absolute atomic E-state index is 5.83. The normalized spacial score (nSPS) is 29.7. The van der Waals surface area contributed by atoms with Crippen molar-refractivity contribution in [2.75, 3.05) is 23.5 Å². The van der Waals surface area contributed by atoms with Crippen molar-refractivity contribution in [3.8, 4) is 0 Å². The van der Waals surface area contributed by atoms with Gasteiger partial charge in [0.15, 0.2) is 0 Å². The highest BCUT2D eigenvalue weighted by molar-refractivity contribution is 5.36. The van der Waals surface area contributed by atoms with E-state index in [0.717, 1.165) is 11.8 Å². The molecular weight excluding hydrogens is 232 g/mol. The van der Waals surface area contributed by atoms with Gasteiger partial charge < -0.3 is 21.5 Å². The molecule has 1 aromatic heterocycles. The fourth-order valence-electron chi connectivity index (χ4n) is 3.09. The monoisotopic (exact) mass is 250 g/mol. The van der Waals surface area contributed by atoms with E-state index in [1.807, 2.05) is 0 Å². The van der Waals surface area contributed by atoms with E-state index in [9.17, 15) is 0 Å². The summed E-state index contributed by atoms with van der Waals surface area (Å²) in [6.07, 6.45) is 5.58. The second kappa shape index (κ2) is 4.56. The Balaban J connectivity index is 1.49. The first-order valence-corrected chi connectivity index (χ1v) is 6.33. The summed E-state index contributed by atoms with van der Waals surface area (Å²) >= 11 is 0. The molecular formula is C11H18N6O. The molecule has 3 rings (SSSR count). The van der Waals surface area contributed by atoms with Gasteiger partial charge >= 0.3 is 0 Å². The number of nitrogens with zero attached hydrogens (tertiary/aromatic N) is 3. The number of hydrogen-bond acceptors (Lipinski definition) is 7. The van der Waals surface area contributed by atoms with Crippen LogP contribution in [0.15, 0.2) is 0 Å². The number of anilines is 3. The van der Waals surface area contributed by atoms with Gasteiger partial charge in [-0.3, -0.25) is 0 Å². The van der Waals surface area contributed by atoms with Crippen molar-refractivity contribution in [3.63, 3.8) is 0 Å². The topological polar surface area (TPSA) is 112 Å². The Morgan fingerprint density at radius 2 is 1.89 bits per heavy atom. The molecule has 0 radical (unpaired) electrons. The minimum atomic E-state index is 0.116. The third-order valence-electron chi connectivity index (χ3n) is 3.87. The molecule has 7 heteroatoms. The van der Waals surface area contributed by atoms with Gasteiger partial charge in [0.1, 0.15) is 6.73 Å². The van der Waals surface area contributed by atoms with E-state index in [1.54, 1.807) is 0 Å². The highest BCUT2D eigenvalue weighted by Crippen LogP contribution is 2.45. The van der Waals surface area contributed by atoms with Crippen molar-refractivity contribution in [3.05, 3.63) is 0 Å². The molecule has 98 valence electrons. The third kappa shape index (κ3) is 2.31. The quantitative estimate of drug-likeness (QED) is 0.671. The van der Waals surface area contributed by atoms with E-state index in [4.69, 9.17) is 16.2 Å². The van der Waals surface area contributed by atoms with Crippen molar-refractivity contribution < 1.29 is 4.74 Å². The lowest BCUT2D eigenvalue weighted by Crippen LogP contribution is -2.24. The first kappa shape index (κ1) is 11.5. The van der Waals surface area contributed by atoms with Crippen molar-refractivity contribution in [1.29, 1.82) is 0 Å². The number of ether oxygens (including phenoxy) is 1. The number of hydrogen-bond donors (Lipinski definition) is 3. The Hall–Kier alpha value is -1.63. The van der Waals surface area contributed by atoms with Gasteiger partial charge in [0.05, 0.1) is 6.10 Å². The Morgan fingerprint density at radius 3 is 2.50 bits per heavy atom. The highest BCUT2D eigenvalue weighted by Gasteiger charge is 2.40. The van der Waals surface area contributed by atoms with Crippen LogP contribution in [0.5, 0.6) is 0 Å². The van der Waals surface area contributed by atoms with Crippen molar-refractivity contribution in [1.82, 2.24) is 15.0 Å². The van der Waals surface area contributed by atoms with Crippen LogP contribution in [0.3, 0.4) is 0 Å². The van der Waals surface area contributed by atoms with Gasteiger partial charge in [-0.2, -0.15) is 15.0 Å². The maximum atomic E-state index is 5.83. The summed E-state index contributed by atoms with van der Waals surface area (Å²) in [5.41, 5.74) is 11.0.